The number of hydrogen-bond acceptors (Lipinski definition) is 7. The van der Waals surface area contributed by atoms with Gasteiger partial charge in [-0.25, -0.2) is 4.79 Å². The van der Waals surface area contributed by atoms with E-state index in [1.807, 2.05) is 6.07 Å². The van der Waals surface area contributed by atoms with E-state index < -0.39 is 5.97 Å². The smallest absolute Gasteiger partial charge is 0.344 e. The summed E-state index contributed by atoms with van der Waals surface area (Å²) >= 11 is 0. The van der Waals surface area contributed by atoms with Crippen LogP contribution in [0.25, 0.3) is 0 Å². The van der Waals surface area contributed by atoms with E-state index in [1.54, 1.807) is 54.6 Å². The number of hydrogen-bond donors (Lipinski definition) is 0. The van der Waals surface area contributed by atoms with Crippen molar-refractivity contribution < 1.29 is 23.9 Å². The highest BCUT2D eigenvalue weighted by Gasteiger charge is 2.15. The summed E-state index contributed by atoms with van der Waals surface area (Å²) in [6.07, 6.45) is 0.233. The molecule has 0 fully saturated rings. The first-order valence-electron chi connectivity index (χ1n) is 9.39. The summed E-state index contributed by atoms with van der Waals surface area (Å²) in [5.74, 6) is -1.14. The largest absolute Gasteiger partial charge is 0.468 e. The minimum Gasteiger partial charge on any atom is -0.468 e. The van der Waals surface area contributed by atoms with E-state index in [9.17, 15) is 19.6 Å². The number of benzene rings is 2. The zero-order valence-electron chi connectivity index (χ0n) is 16.7. The summed E-state index contributed by atoms with van der Waals surface area (Å²) in [5.41, 5.74) is 1.54. The van der Waals surface area contributed by atoms with Gasteiger partial charge in [-0.1, -0.05) is 36.4 Å². The SMILES string of the molecule is CC(=O)Cc1cccc(C(=O)COc2nc(OC(=O)c3ccccc3)ccc2C#N)c1. The molecule has 0 amide bonds. The third-order valence-electron chi connectivity index (χ3n) is 4.20. The number of ether oxygens (including phenoxy) is 2. The lowest BCUT2D eigenvalue weighted by Crippen LogP contribution is -2.14. The second kappa shape index (κ2) is 9.94. The molecule has 31 heavy (non-hydrogen) atoms. The Morgan fingerprint density at radius 3 is 2.42 bits per heavy atom. The number of aromatic nitrogens is 1. The van der Waals surface area contributed by atoms with Crippen molar-refractivity contribution in [2.24, 2.45) is 0 Å². The van der Waals surface area contributed by atoms with Crippen LogP contribution < -0.4 is 9.47 Å². The van der Waals surface area contributed by atoms with Gasteiger partial charge in [-0.2, -0.15) is 10.2 Å². The van der Waals surface area contributed by atoms with Crippen molar-refractivity contribution in [3.63, 3.8) is 0 Å². The van der Waals surface area contributed by atoms with Crippen molar-refractivity contribution in [3.05, 3.63) is 89.0 Å². The first-order valence-corrected chi connectivity index (χ1v) is 9.39. The predicted octanol–water partition coefficient (Wildman–Crippen LogP) is 3.57. The van der Waals surface area contributed by atoms with Gasteiger partial charge in [0.2, 0.25) is 11.8 Å². The van der Waals surface area contributed by atoms with Gasteiger partial charge >= 0.3 is 5.97 Å². The van der Waals surface area contributed by atoms with E-state index in [0.29, 0.717) is 11.1 Å². The van der Waals surface area contributed by atoms with Crippen LogP contribution in [0.15, 0.2) is 66.7 Å². The van der Waals surface area contributed by atoms with Crippen molar-refractivity contribution in [1.82, 2.24) is 4.98 Å². The molecule has 1 aromatic heterocycles. The van der Waals surface area contributed by atoms with E-state index in [2.05, 4.69) is 4.98 Å². The highest BCUT2D eigenvalue weighted by Crippen LogP contribution is 2.21. The fourth-order valence-corrected chi connectivity index (χ4v) is 2.76. The molecule has 0 radical (unpaired) electrons. The number of ketones is 2. The standard InChI is InChI=1S/C24H18N2O5/c1-16(27)12-17-6-5-9-19(13-17)21(28)15-30-23-20(14-25)10-11-22(26-23)31-24(29)18-7-3-2-4-8-18/h2-11,13H,12,15H2,1H3. The zero-order chi connectivity index (χ0) is 22.2. The van der Waals surface area contributed by atoms with Crippen LogP contribution in [0.3, 0.4) is 0 Å². The Morgan fingerprint density at radius 1 is 0.968 bits per heavy atom. The molecule has 0 aliphatic heterocycles. The molecule has 3 rings (SSSR count). The van der Waals surface area contributed by atoms with Crippen molar-refractivity contribution in [3.8, 4) is 17.8 Å². The van der Waals surface area contributed by atoms with E-state index in [4.69, 9.17) is 9.47 Å². The minimum absolute atomic E-state index is 0.00873. The lowest BCUT2D eigenvalue weighted by atomic mass is 10.0. The molecular weight excluding hydrogens is 396 g/mol. The van der Waals surface area contributed by atoms with Crippen LogP contribution in [-0.4, -0.2) is 29.1 Å². The second-order valence-corrected chi connectivity index (χ2v) is 6.66. The van der Waals surface area contributed by atoms with Crippen molar-refractivity contribution in [2.45, 2.75) is 13.3 Å². The zero-order valence-corrected chi connectivity index (χ0v) is 16.7. The fraction of sp³-hybridized carbons (Fsp3) is 0.125. The van der Waals surface area contributed by atoms with Crippen molar-refractivity contribution in [1.29, 1.82) is 5.26 Å². The quantitative estimate of drug-likeness (QED) is 0.410. The Hall–Kier alpha value is -4.31. The summed E-state index contributed by atoms with van der Waals surface area (Å²) in [6.45, 7) is 1.10. The molecule has 3 aromatic rings. The Balaban J connectivity index is 1.71. The maximum absolute atomic E-state index is 12.5. The first-order chi connectivity index (χ1) is 15.0. The molecule has 0 aliphatic rings. The number of rotatable bonds is 8. The molecule has 0 saturated heterocycles. The second-order valence-electron chi connectivity index (χ2n) is 6.66. The lowest BCUT2D eigenvalue weighted by molar-refractivity contribution is -0.116. The highest BCUT2D eigenvalue weighted by atomic mass is 16.5. The van der Waals surface area contributed by atoms with E-state index in [1.165, 1.54) is 19.1 Å². The van der Waals surface area contributed by atoms with Crippen LogP contribution in [0.1, 0.15) is 38.8 Å². The molecule has 1 heterocycles. The topological polar surface area (TPSA) is 106 Å². The third kappa shape index (κ3) is 5.84. The molecule has 0 saturated carbocycles. The van der Waals surface area contributed by atoms with E-state index in [-0.39, 0.29) is 41.9 Å². The fourth-order valence-electron chi connectivity index (χ4n) is 2.76. The molecule has 0 unspecified atom stereocenters. The van der Waals surface area contributed by atoms with Crippen LogP contribution in [0.5, 0.6) is 11.8 Å². The number of Topliss-reactive ketones (excluding diaryl/α,β-unsaturated/α-hetero) is 2. The number of esters is 1. The van der Waals surface area contributed by atoms with Crippen LogP contribution in [0.4, 0.5) is 0 Å². The Morgan fingerprint density at radius 2 is 1.71 bits per heavy atom. The summed E-state index contributed by atoms with van der Waals surface area (Å²) in [5, 5.41) is 9.28. The Kier molecular flexibility index (Phi) is 6.86. The molecule has 0 atom stereocenters. The maximum Gasteiger partial charge on any atom is 0.344 e. The molecule has 0 N–H and O–H groups in total. The normalized spacial score (nSPS) is 10.1. The minimum atomic E-state index is -0.609. The van der Waals surface area contributed by atoms with E-state index >= 15 is 0 Å². The van der Waals surface area contributed by atoms with Gasteiger partial charge in [-0.05, 0) is 36.8 Å². The highest BCUT2D eigenvalue weighted by molar-refractivity contribution is 5.97. The van der Waals surface area contributed by atoms with E-state index in [0.717, 1.165) is 5.56 Å². The van der Waals surface area contributed by atoms with Gasteiger partial charge in [0.1, 0.15) is 17.4 Å². The van der Waals surface area contributed by atoms with Crippen LogP contribution in [0, 0.1) is 11.3 Å². The number of nitrogens with zero attached hydrogens (tertiary/aromatic N) is 2. The predicted molar refractivity (Wildman–Crippen MR) is 111 cm³/mol. The number of carbonyl (C=O) groups excluding carboxylic acids is 3. The maximum atomic E-state index is 12.5. The molecule has 7 heteroatoms. The first kappa shape index (κ1) is 21.4. The van der Waals surface area contributed by atoms with Gasteiger partial charge in [0.25, 0.3) is 0 Å². The van der Waals surface area contributed by atoms with Gasteiger partial charge in [0.05, 0.1) is 5.56 Å². The molecule has 2 aromatic carbocycles. The number of carbonyl (C=O) groups is 3. The molecule has 154 valence electrons. The lowest BCUT2D eigenvalue weighted by Gasteiger charge is -2.09. The van der Waals surface area contributed by atoms with Crippen LogP contribution >= 0.6 is 0 Å². The van der Waals surface area contributed by atoms with Crippen LogP contribution in [-0.2, 0) is 11.2 Å². The Bertz CT molecular complexity index is 1170. The molecule has 0 spiro atoms. The molecule has 7 nitrogen and oxygen atoms in total. The average molecular weight is 414 g/mol. The summed E-state index contributed by atoms with van der Waals surface area (Å²) < 4.78 is 10.7. The third-order valence-corrected chi connectivity index (χ3v) is 4.20. The van der Waals surface area contributed by atoms with Crippen molar-refractivity contribution >= 4 is 17.5 Å². The molecule has 0 bridgehead atoms. The van der Waals surface area contributed by atoms with Gasteiger partial charge < -0.3 is 9.47 Å². The van der Waals surface area contributed by atoms with Gasteiger partial charge in [0, 0.05) is 18.1 Å². The number of pyridine rings is 1. The number of nitriles is 1. The Labute approximate surface area is 178 Å². The average Bonchev–Trinajstić information content (AvgIpc) is 2.78. The van der Waals surface area contributed by atoms with Crippen molar-refractivity contribution in [2.75, 3.05) is 6.61 Å². The molecule has 0 aliphatic carbocycles. The molecular formula is C24H18N2O5. The summed E-state index contributed by atoms with van der Waals surface area (Å²) in [7, 11) is 0. The van der Waals surface area contributed by atoms with Gasteiger partial charge in [0.15, 0.2) is 12.4 Å². The van der Waals surface area contributed by atoms with Gasteiger partial charge in [-0.15, -0.1) is 0 Å². The monoisotopic (exact) mass is 414 g/mol. The van der Waals surface area contributed by atoms with Crippen LogP contribution in [0.2, 0.25) is 0 Å². The summed E-state index contributed by atoms with van der Waals surface area (Å²) in [4.78, 5) is 40.0. The van der Waals surface area contributed by atoms with Gasteiger partial charge in [-0.3, -0.25) is 9.59 Å². The summed E-state index contributed by atoms with van der Waals surface area (Å²) in [6, 6.07) is 19.8.